The molecule has 0 fully saturated rings. The van der Waals surface area contributed by atoms with Crippen LogP contribution in [-0.4, -0.2) is 18.7 Å². The minimum Gasteiger partial charge on any atom is -0.493 e. The van der Waals surface area contributed by atoms with Gasteiger partial charge in [-0.1, -0.05) is 18.2 Å². The molecule has 2 aromatic rings. The van der Waals surface area contributed by atoms with Crippen LogP contribution < -0.4 is 15.2 Å². The lowest BCUT2D eigenvalue weighted by atomic mass is 9.90. The molecule has 21 heavy (non-hydrogen) atoms. The third-order valence-electron chi connectivity index (χ3n) is 3.98. The second-order valence-electron chi connectivity index (χ2n) is 5.51. The van der Waals surface area contributed by atoms with Crippen LogP contribution in [0.25, 0.3) is 0 Å². The Labute approximate surface area is 124 Å². The lowest BCUT2D eigenvalue weighted by Gasteiger charge is -2.26. The van der Waals surface area contributed by atoms with Crippen LogP contribution in [0.2, 0.25) is 0 Å². The van der Waals surface area contributed by atoms with Crippen LogP contribution in [0.4, 0.5) is 5.82 Å². The van der Waals surface area contributed by atoms with Crippen molar-refractivity contribution < 1.29 is 9.47 Å². The van der Waals surface area contributed by atoms with E-state index in [2.05, 4.69) is 17.1 Å². The molecule has 1 aliphatic rings. The monoisotopic (exact) mass is 284 g/mol. The lowest BCUT2D eigenvalue weighted by Crippen LogP contribution is -2.23. The molecular formula is C17H20N2O2. The molecule has 2 heterocycles. The van der Waals surface area contributed by atoms with Gasteiger partial charge in [-0.05, 0) is 43.0 Å². The number of benzene rings is 1. The third-order valence-corrected chi connectivity index (χ3v) is 3.98. The van der Waals surface area contributed by atoms with Crippen molar-refractivity contribution in [1.29, 1.82) is 0 Å². The third kappa shape index (κ3) is 2.79. The number of nitrogens with two attached hydrogens (primary N) is 1. The maximum absolute atomic E-state index is 5.92. The summed E-state index contributed by atoms with van der Waals surface area (Å²) in [4.78, 5) is 4.33. The molecule has 4 nitrogen and oxygen atoms in total. The Balaban J connectivity index is 1.77. The molecule has 1 aromatic heterocycles. The number of nitrogen functional groups attached to an aromatic ring is 1. The van der Waals surface area contributed by atoms with Gasteiger partial charge in [0.1, 0.15) is 5.82 Å². The van der Waals surface area contributed by atoms with Gasteiger partial charge in [-0.25, -0.2) is 4.98 Å². The molecule has 0 unspecified atom stereocenters. The van der Waals surface area contributed by atoms with E-state index in [0.29, 0.717) is 18.3 Å². The van der Waals surface area contributed by atoms with Crippen molar-refractivity contribution in [1.82, 2.24) is 4.98 Å². The molecule has 0 radical (unpaired) electrons. The van der Waals surface area contributed by atoms with E-state index in [1.807, 2.05) is 25.1 Å². The number of hydrogen-bond donors (Lipinski definition) is 1. The normalized spacial score (nSPS) is 17.0. The Bertz CT molecular complexity index is 655. The number of methoxy groups -OCH3 is 1. The zero-order valence-corrected chi connectivity index (χ0v) is 12.4. The predicted octanol–water partition coefficient (Wildman–Crippen LogP) is 2.77. The number of pyridine rings is 1. The molecular weight excluding hydrogens is 264 g/mol. The number of aromatic nitrogens is 1. The second kappa shape index (κ2) is 5.64. The molecule has 2 N–H and O–H groups in total. The Morgan fingerprint density at radius 1 is 1.33 bits per heavy atom. The minimum atomic E-state index is 0.453. The van der Waals surface area contributed by atoms with Gasteiger partial charge in [-0.15, -0.1) is 0 Å². The highest BCUT2D eigenvalue weighted by Gasteiger charge is 2.23. The number of nitrogens with zero attached hydrogens (tertiary/aromatic N) is 1. The van der Waals surface area contributed by atoms with E-state index >= 15 is 0 Å². The zero-order chi connectivity index (χ0) is 14.8. The molecule has 0 aliphatic carbocycles. The molecule has 0 spiro atoms. The molecule has 0 saturated heterocycles. The highest BCUT2D eigenvalue weighted by Crippen LogP contribution is 2.36. The van der Waals surface area contributed by atoms with Crippen LogP contribution in [0, 0.1) is 12.8 Å². The molecule has 1 aliphatic heterocycles. The average molecular weight is 284 g/mol. The summed E-state index contributed by atoms with van der Waals surface area (Å²) in [6.45, 7) is 2.71. The summed E-state index contributed by atoms with van der Waals surface area (Å²) in [5, 5.41) is 0. The van der Waals surface area contributed by atoms with E-state index in [-0.39, 0.29) is 0 Å². The van der Waals surface area contributed by atoms with Gasteiger partial charge in [0.05, 0.1) is 13.7 Å². The SMILES string of the molecule is COc1cccc2c1OC[C@H](Cc1ccc(N)nc1C)C2. The van der Waals surface area contributed by atoms with E-state index in [9.17, 15) is 0 Å². The van der Waals surface area contributed by atoms with Gasteiger partial charge in [0.15, 0.2) is 11.5 Å². The quantitative estimate of drug-likeness (QED) is 0.941. The van der Waals surface area contributed by atoms with Crippen LogP contribution in [0.3, 0.4) is 0 Å². The summed E-state index contributed by atoms with van der Waals surface area (Å²) in [6, 6.07) is 9.99. The van der Waals surface area contributed by atoms with Crippen molar-refractivity contribution in [3.05, 3.63) is 47.2 Å². The van der Waals surface area contributed by atoms with Crippen molar-refractivity contribution in [2.75, 3.05) is 19.5 Å². The fourth-order valence-electron chi connectivity index (χ4n) is 2.88. The van der Waals surface area contributed by atoms with Crippen molar-refractivity contribution in [2.45, 2.75) is 19.8 Å². The first-order valence-corrected chi connectivity index (χ1v) is 7.18. The first-order valence-electron chi connectivity index (χ1n) is 7.18. The minimum absolute atomic E-state index is 0.453. The maximum atomic E-state index is 5.92. The van der Waals surface area contributed by atoms with Crippen molar-refractivity contribution in [3.8, 4) is 11.5 Å². The van der Waals surface area contributed by atoms with Crippen molar-refractivity contribution in [2.24, 2.45) is 5.92 Å². The number of fused-ring (bicyclic) bond motifs is 1. The van der Waals surface area contributed by atoms with Gasteiger partial charge in [0.25, 0.3) is 0 Å². The topological polar surface area (TPSA) is 57.4 Å². The molecule has 4 heteroatoms. The smallest absolute Gasteiger partial charge is 0.164 e. The van der Waals surface area contributed by atoms with Crippen LogP contribution in [0.15, 0.2) is 30.3 Å². The molecule has 110 valence electrons. The summed E-state index contributed by atoms with van der Waals surface area (Å²) < 4.78 is 11.3. The van der Waals surface area contributed by atoms with Crippen LogP contribution >= 0.6 is 0 Å². The summed E-state index contributed by atoms with van der Waals surface area (Å²) >= 11 is 0. The van der Waals surface area contributed by atoms with E-state index in [0.717, 1.165) is 30.0 Å². The standard InChI is InChI=1S/C17H20N2O2/c1-11-13(6-7-16(18)19-11)8-12-9-14-4-3-5-15(20-2)17(14)21-10-12/h3-7,12H,8-10H2,1-2H3,(H2,18,19)/t12-/m1/s1. The highest BCUT2D eigenvalue weighted by atomic mass is 16.5. The first-order chi connectivity index (χ1) is 10.2. The van der Waals surface area contributed by atoms with Crippen LogP contribution in [0.1, 0.15) is 16.8 Å². The Hall–Kier alpha value is -2.23. The fraction of sp³-hybridized carbons (Fsp3) is 0.353. The van der Waals surface area contributed by atoms with Crippen LogP contribution in [0.5, 0.6) is 11.5 Å². The second-order valence-corrected chi connectivity index (χ2v) is 5.51. The van der Waals surface area contributed by atoms with Crippen LogP contribution in [-0.2, 0) is 12.8 Å². The average Bonchev–Trinajstić information content (AvgIpc) is 2.49. The number of hydrogen-bond acceptors (Lipinski definition) is 4. The number of rotatable bonds is 3. The van der Waals surface area contributed by atoms with E-state index in [1.54, 1.807) is 7.11 Å². The Morgan fingerprint density at radius 2 is 2.19 bits per heavy atom. The summed E-state index contributed by atoms with van der Waals surface area (Å²) in [7, 11) is 1.68. The van der Waals surface area contributed by atoms with E-state index in [1.165, 1.54) is 11.1 Å². The molecule has 0 saturated carbocycles. The van der Waals surface area contributed by atoms with Crippen molar-refractivity contribution in [3.63, 3.8) is 0 Å². The maximum Gasteiger partial charge on any atom is 0.164 e. The van der Waals surface area contributed by atoms with Gasteiger partial charge >= 0.3 is 0 Å². The van der Waals surface area contributed by atoms with E-state index < -0.39 is 0 Å². The summed E-state index contributed by atoms with van der Waals surface area (Å²) in [5.41, 5.74) is 9.17. The Kier molecular flexibility index (Phi) is 3.69. The number of anilines is 1. The number of para-hydroxylation sites is 1. The molecule has 1 aromatic carbocycles. The summed E-state index contributed by atoms with van der Waals surface area (Å²) in [6.07, 6.45) is 1.95. The predicted molar refractivity (Wildman–Crippen MR) is 82.8 cm³/mol. The number of ether oxygens (including phenoxy) is 2. The van der Waals surface area contributed by atoms with Gasteiger partial charge < -0.3 is 15.2 Å². The fourth-order valence-corrected chi connectivity index (χ4v) is 2.88. The number of aryl methyl sites for hydroxylation is 1. The largest absolute Gasteiger partial charge is 0.493 e. The van der Waals surface area contributed by atoms with E-state index in [4.69, 9.17) is 15.2 Å². The van der Waals surface area contributed by atoms with Gasteiger partial charge in [-0.3, -0.25) is 0 Å². The highest BCUT2D eigenvalue weighted by molar-refractivity contribution is 5.48. The van der Waals surface area contributed by atoms with Gasteiger partial charge in [-0.2, -0.15) is 0 Å². The zero-order valence-electron chi connectivity index (χ0n) is 12.4. The molecule has 1 atom stereocenters. The Morgan fingerprint density at radius 3 is 2.95 bits per heavy atom. The van der Waals surface area contributed by atoms with Gasteiger partial charge in [0.2, 0.25) is 0 Å². The lowest BCUT2D eigenvalue weighted by molar-refractivity contribution is 0.211. The molecule has 0 bridgehead atoms. The first kappa shape index (κ1) is 13.7. The summed E-state index contributed by atoms with van der Waals surface area (Å²) in [5.74, 6) is 2.74. The van der Waals surface area contributed by atoms with Crippen molar-refractivity contribution >= 4 is 5.82 Å². The molecule has 0 amide bonds. The van der Waals surface area contributed by atoms with Gasteiger partial charge in [0, 0.05) is 11.6 Å². The molecule has 3 rings (SSSR count).